The third kappa shape index (κ3) is 1.09. The van der Waals surface area contributed by atoms with Crippen LogP contribution in [0.15, 0.2) is 4.99 Å². The molecule has 0 unspecified atom stereocenters. The Labute approximate surface area is 50.3 Å². The second-order valence-electron chi connectivity index (χ2n) is 1.43. The SMILES string of the molecule is N=C1CCC(Br)=N1. The van der Waals surface area contributed by atoms with E-state index >= 15 is 0 Å². The van der Waals surface area contributed by atoms with Gasteiger partial charge in [-0.1, -0.05) is 0 Å². The monoisotopic (exact) mass is 160 g/mol. The average Bonchev–Trinajstić information content (AvgIpc) is 1.87. The second kappa shape index (κ2) is 1.74. The molecule has 0 aromatic rings. The van der Waals surface area contributed by atoms with Crippen molar-refractivity contribution in [2.45, 2.75) is 12.8 Å². The molecule has 0 atom stereocenters. The summed E-state index contributed by atoms with van der Waals surface area (Å²) in [6.45, 7) is 0. The van der Waals surface area contributed by atoms with E-state index in [2.05, 4.69) is 20.9 Å². The summed E-state index contributed by atoms with van der Waals surface area (Å²) in [4.78, 5) is 3.81. The normalized spacial score (nSPS) is 20.1. The summed E-state index contributed by atoms with van der Waals surface area (Å²) in [5, 5.41) is 6.96. The highest BCUT2D eigenvalue weighted by Crippen LogP contribution is 2.09. The van der Waals surface area contributed by atoms with Crippen molar-refractivity contribution in [2.75, 3.05) is 0 Å². The maximum absolute atomic E-state index is 6.96. The first kappa shape index (κ1) is 4.97. The maximum atomic E-state index is 6.96. The molecule has 0 aromatic heterocycles. The molecule has 0 saturated carbocycles. The molecule has 0 bridgehead atoms. The Morgan fingerprint density at radius 3 is 2.43 bits per heavy atom. The molecule has 1 N–H and O–H groups in total. The van der Waals surface area contributed by atoms with Crippen molar-refractivity contribution < 1.29 is 0 Å². The van der Waals surface area contributed by atoms with Crippen LogP contribution in [0, 0.1) is 5.41 Å². The number of aliphatic imine (C=N–C) groups is 1. The fourth-order valence-corrected chi connectivity index (χ4v) is 0.892. The van der Waals surface area contributed by atoms with E-state index in [0.717, 1.165) is 17.5 Å². The van der Waals surface area contributed by atoms with Gasteiger partial charge in [0.25, 0.3) is 0 Å². The Hall–Kier alpha value is -0.180. The summed E-state index contributed by atoms with van der Waals surface area (Å²) in [5.41, 5.74) is 0. The van der Waals surface area contributed by atoms with Crippen molar-refractivity contribution in [3.05, 3.63) is 0 Å². The van der Waals surface area contributed by atoms with E-state index in [-0.39, 0.29) is 0 Å². The minimum absolute atomic E-state index is 0.492. The largest absolute Gasteiger partial charge is 0.287 e. The van der Waals surface area contributed by atoms with Gasteiger partial charge in [-0.2, -0.15) is 0 Å². The van der Waals surface area contributed by atoms with Crippen LogP contribution in [0.3, 0.4) is 0 Å². The zero-order valence-electron chi connectivity index (χ0n) is 3.74. The number of nitrogens with zero attached hydrogens (tertiary/aromatic N) is 1. The summed E-state index contributed by atoms with van der Waals surface area (Å²) in [5.74, 6) is 0.492. The van der Waals surface area contributed by atoms with Crippen LogP contribution in [0.5, 0.6) is 0 Å². The quantitative estimate of drug-likeness (QED) is 0.559. The summed E-state index contributed by atoms with van der Waals surface area (Å²) in [6, 6.07) is 0. The third-order valence-corrected chi connectivity index (χ3v) is 1.40. The van der Waals surface area contributed by atoms with Crippen LogP contribution < -0.4 is 0 Å². The first-order chi connectivity index (χ1) is 3.29. The molecular formula is C4H5BrN2. The van der Waals surface area contributed by atoms with Crippen LogP contribution in [0.2, 0.25) is 0 Å². The second-order valence-corrected chi connectivity index (χ2v) is 2.35. The molecule has 0 fully saturated rings. The molecule has 1 rings (SSSR count). The van der Waals surface area contributed by atoms with Gasteiger partial charge in [0.1, 0.15) is 5.84 Å². The Balaban J connectivity index is 2.67. The Kier molecular flexibility index (Phi) is 1.23. The van der Waals surface area contributed by atoms with Crippen LogP contribution in [-0.4, -0.2) is 10.5 Å². The third-order valence-electron chi connectivity index (χ3n) is 0.824. The van der Waals surface area contributed by atoms with Crippen molar-refractivity contribution in [1.82, 2.24) is 0 Å². The van der Waals surface area contributed by atoms with E-state index in [1.807, 2.05) is 0 Å². The molecule has 0 aliphatic carbocycles. The van der Waals surface area contributed by atoms with Crippen molar-refractivity contribution in [3.63, 3.8) is 0 Å². The van der Waals surface area contributed by atoms with Gasteiger partial charge < -0.3 is 0 Å². The minimum atomic E-state index is 0.492. The van der Waals surface area contributed by atoms with Crippen LogP contribution in [0.1, 0.15) is 12.8 Å². The molecule has 0 saturated heterocycles. The van der Waals surface area contributed by atoms with Crippen LogP contribution >= 0.6 is 15.9 Å². The number of halogens is 1. The Morgan fingerprint density at radius 2 is 2.29 bits per heavy atom. The van der Waals surface area contributed by atoms with E-state index in [0.29, 0.717) is 5.84 Å². The lowest BCUT2D eigenvalue weighted by Crippen LogP contribution is -1.77. The highest BCUT2D eigenvalue weighted by molar-refractivity contribution is 9.18. The first-order valence-corrected chi connectivity index (χ1v) is 2.89. The van der Waals surface area contributed by atoms with Crippen molar-refractivity contribution in [2.24, 2.45) is 4.99 Å². The standard InChI is InChI=1S/C4H5BrN2/c5-3-1-2-4(6)7-3/h6H,1-2H2. The topological polar surface area (TPSA) is 36.2 Å². The first-order valence-electron chi connectivity index (χ1n) is 2.09. The summed E-state index contributed by atoms with van der Waals surface area (Å²) in [6.07, 6.45) is 1.72. The maximum Gasteiger partial charge on any atom is 0.121 e. The smallest absolute Gasteiger partial charge is 0.121 e. The molecular weight excluding hydrogens is 156 g/mol. The highest BCUT2D eigenvalue weighted by atomic mass is 79.9. The lowest BCUT2D eigenvalue weighted by Gasteiger charge is -1.74. The fraction of sp³-hybridized carbons (Fsp3) is 0.500. The lowest BCUT2D eigenvalue weighted by atomic mass is 10.4. The number of nitrogens with one attached hydrogen (secondary N) is 1. The van der Waals surface area contributed by atoms with E-state index in [1.54, 1.807) is 0 Å². The van der Waals surface area contributed by atoms with Crippen molar-refractivity contribution in [1.29, 1.82) is 5.41 Å². The van der Waals surface area contributed by atoms with Gasteiger partial charge in [0.2, 0.25) is 0 Å². The van der Waals surface area contributed by atoms with Gasteiger partial charge in [-0.15, -0.1) is 0 Å². The minimum Gasteiger partial charge on any atom is -0.287 e. The van der Waals surface area contributed by atoms with Crippen molar-refractivity contribution in [3.8, 4) is 0 Å². The van der Waals surface area contributed by atoms with Gasteiger partial charge in [-0.05, 0) is 15.9 Å². The van der Waals surface area contributed by atoms with Gasteiger partial charge >= 0.3 is 0 Å². The van der Waals surface area contributed by atoms with Gasteiger partial charge in [0.15, 0.2) is 0 Å². The van der Waals surface area contributed by atoms with Gasteiger partial charge in [-0.3, -0.25) is 5.41 Å². The van der Waals surface area contributed by atoms with E-state index in [4.69, 9.17) is 5.41 Å². The predicted octanol–water partition coefficient (Wildman–Crippen LogP) is 1.55. The van der Waals surface area contributed by atoms with Gasteiger partial charge in [0.05, 0.1) is 4.62 Å². The Bertz CT molecular complexity index is 128. The molecule has 38 valence electrons. The van der Waals surface area contributed by atoms with Crippen LogP contribution in [-0.2, 0) is 0 Å². The van der Waals surface area contributed by atoms with Crippen molar-refractivity contribution >= 4 is 26.4 Å². The van der Waals surface area contributed by atoms with Crippen LogP contribution in [0.4, 0.5) is 0 Å². The van der Waals surface area contributed by atoms with E-state index in [1.165, 1.54) is 0 Å². The summed E-state index contributed by atoms with van der Waals surface area (Å²) >= 11 is 3.19. The Morgan fingerprint density at radius 1 is 1.57 bits per heavy atom. The molecule has 1 aliphatic rings. The number of hydrogen-bond acceptors (Lipinski definition) is 1. The molecule has 1 heterocycles. The highest BCUT2D eigenvalue weighted by Gasteiger charge is 2.05. The molecule has 0 radical (unpaired) electrons. The van der Waals surface area contributed by atoms with E-state index < -0.39 is 0 Å². The zero-order valence-corrected chi connectivity index (χ0v) is 5.33. The molecule has 7 heavy (non-hydrogen) atoms. The summed E-state index contributed by atoms with van der Waals surface area (Å²) in [7, 11) is 0. The average molecular weight is 161 g/mol. The number of rotatable bonds is 0. The fourth-order valence-electron chi connectivity index (χ4n) is 0.480. The lowest BCUT2D eigenvalue weighted by molar-refractivity contribution is 1.18. The number of hydrogen-bond donors (Lipinski definition) is 1. The molecule has 0 spiro atoms. The summed E-state index contributed by atoms with van der Waals surface area (Å²) < 4.78 is 0.914. The van der Waals surface area contributed by atoms with Crippen LogP contribution in [0.25, 0.3) is 0 Å². The number of amidine groups is 1. The molecule has 3 heteroatoms. The molecule has 2 nitrogen and oxygen atoms in total. The van der Waals surface area contributed by atoms with E-state index in [9.17, 15) is 0 Å². The van der Waals surface area contributed by atoms with Gasteiger partial charge in [-0.25, -0.2) is 4.99 Å². The zero-order chi connectivity index (χ0) is 5.28. The molecule has 1 aliphatic heterocycles. The van der Waals surface area contributed by atoms with Gasteiger partial charge in [0, 0.05) is 12.8 Å². The predicted molar refractivity (Wildman–Crippen MR) is 33.3 cm³/mol. The molecule has 0 aromatic carbocycles. The molecule has 0 amide bonds.